The van der Waals surface area contributed by atoms with E-state index in [4.69, 9.17) is 9.15 Å². The molecule has 0 aliphatic carbocycles. The van der Waals surface area contributed by atoms with E-state index in [0.717, 1.165) is 12.2 Å². The first-order valence-corrected chi connectivity index (χ1v) is 6.42. The molecule has 19 heavy (non-hydrogen) atoms. The predicted octanol–water partition coefficient (Wildman–Crippen LogP) is 2.63. The first kappa shape index (κ1) is 13.5. The molecule has 0 saturated carbocycles. The highest BCUT2D eigenvalue weighted by Crippen LogP contribution is 2.20. The van der Waals surface area contributed by atoms with Gasteiger partial charge in [-0.2, -0.15) is 0 Å². The van der Waals surface area contributed by atoms with Crippen LogP contribution < -0.4 is 10.1 Å². The van der Waals surface area contributed by atoms with Crippen molar-refractivity contribution in [2.45, 2.75) is 32.9 Å². The molecule has 0 radical (unpaired) electrons. The normalized spacial score (nSPS) is 12.4. The summed E-state index contributed by atoms with van der Waals surface area (Å²) in [6.45, 7) is 4.21. The second kappa shape index (κ2) is 6.33. The predicted molar refractivity (Wildman–Crippen MR) is 71.9 cm³/mol. The molecule has 0 spiro atoms. The van der Waals surface area contributed by atoms with E-state index in [9.17, 15) is 0 Å². The second-order valence-electron chi connectivity index (χ2n) is 4.32. The topological polar surface area (TPSA) is 60.2 Å². The molecule has 5 heteroatoms. The quantitative estimate of drug-likeness (QED) is 0.866. The smallest absolute Gasteiger partial charge is 0.253 e. The summed E-state index contributed by atoms with van der Waals surface area (Å²) in [6, 6.07) is 8.43. The van der Waals surface area contributed by atoms with E-state index >= 15 is 0 Å². The minimum absolute atomic E-state index is 0.295. The Morgan fingerprint density at radius 3 is 2.53 bits per heavy atom. The lowest BCUT2D eigenvalue weighted by molar-refractivity contribution is 0.260. The highest BCUT2D eigenvalue weighted by atomic mass is 16.5. The zero-order valence-electron chi connectivity index (χ0n) is 11.5. The minimum Gasteiger partial charge on any atom is -0.484 e. The summed E-state index contributed by atoms with van der Waals surface area (Å²) in [4.78, 5) is 0. The number of nitrogens with one attached hydrogen (secondary N) is 1. The zero-order valence-corrected chi connectivity index (χ0v) is 11.5. The lowest BCUT2D eigenvalue weighted by Crippen LogP contribution is -2.14. The molecule has 2 rings (SSSR count). The molecule has 0 aliphatic heterocycles. The lowest BCUT2D eigenvalue weighted by atomic mass is 10.1. The van der Waals surface area contributed by atoms with Crippen LogP contribution in [-0.2, 0) is 6.61 Å². The van der Waals surface area contributed by atoms with Gasteiger partial charge in [-0.3, -0.25) is 0 Å². The largest absolute Gasteiger partial charge is 0.484 e. The number of nitrogens with zero attached hydrogens (tertiary/aromatic N) is 2. The van der Waals surface area contributed by atoms with Crippen LogP contribution in [-0.4, -0.2) is 17.2 Å². The van der Waals surface area contributed by atoms with Crippen LogP contribution in [0.4, 0.5) is 0 Å². The van der Waals surface area contributed by atoms with Gasteiger partial charge in [0.1, 0.15) is 5.75 Å². The molecule has 1 unspecified atom stereocenters. The number of benzene rings is 1. The second-order valence-corrected chi connectivity index (χ2v) is 4.32. The molecule has 5 nitrogen and oxygen atoms in total. The van der Waals surface area contributed by atoms with Crippen molar-refractivity contribution in [2.24, 2.45) is 0 Å². The molecular weight excluding hydrogens is 242 g/mol. The van der Waals surface area contributed by atoms with Crippen LogP contribution in [0.2, 0.25) is 0 Å². The van der Waals surface area contributed by atoms with E-state index in [1.807, 2.05) is 19.2 Å². The molecule has 0 amide bonds. The minimum atomic E-state index is 0.295. The number of hydrogen-bond acceptors (Lipinski definition) is 5. The summed E-state index contributed by atoms with van der Waals surface area (Å²) in [5, 5.41) is 10.9. The van der Waals surface area contributed by atoms with Crippen LogP contribution >= 0.6 is 0 Å². The van der Waals surface area contributed by atoms with Crippen molar-refractivity contribution in [1.29, 1.82) is 0 Å². The summed E-state index contributed by atoms with van der Waals surface area (Å²) in [6.07, 6.45) is 1.05. The molecule has 0 fully saturated rings. The van der Waals surface area contributed by atoms with Crippen molar-refractivity contribution >= 4 is 0 Å². The van der Waals surface area contributed by atoms with Gasteiger partial charge in [0.25, 0.3) is 5.89 Å². The molecule has 2 aromatic rings. The maximum Gasteiger partial charge on any atom is 0.253 e. The first-order valence-electron chi connectivity index (χ1n) is 6.42. The van der Waals surface area contributed by atoms with Crippen LogP contribution in [0.25, 0.3) is 0 Å². The molecule has 1 atom stereocenters. The number of aromatic nitrogens is 2. The zero-order chi connectivity index (χ0) is 13.7. The Morgan fingerprint density at radius 2 is 2.00 bits per heavy atom. The Labute approximate surface area is 113 Å². The molecule has 0 saturated heterocycles. The van der Waals surface area contributed by atoms with Gasteiger partial charge >= 0.3 is 0 Å². The van der Waals surface area contributed by atoms with Gasteiger partial charge in [-0.25, -0.2) is 0 Å². The van der Waals surface area contributed by atoms with Crippen LogP contribution in [0.3, 0.4) is 0 Å². The van der Waals surface area contributed by atoms with Crippen molar-refractivity contribution in [2.75, 3.05) is 7.05 Å². The molecule has 1 heterocycles. The highest BCUT2D eigenvalue weighted by Gasteiger charge is 2.07. The fourth-order valence-corrected chi connectivity index (χ4v) is 1.94. The van der Waals surface area contributed by atoms with Crippen molar-refractivity contribution in [3.8, 4) is 5.75 Å². The number of aryl methyl sites for hydroxylation is 1. The van der Waals surface area contributed by atoms with Gasteiger partial charge < -0.3 is 14.5 Å². The van der Waals surface area contributed by atoms with E-state index in [1.54, 1.807) is 6.92 Å². The number of hydrogen-bond donors (Lipinski definition) is 1. The summed E-state index contributed by atoms with van der Waals surface area (Å²) in [7, 11) is 1.97. The molecule has 1 N–H and O–H groups in total. The van der Waals surface area contributed by atoms with Crippen molar-refractivity contribution < 1.29 is 9.15 Å². The van der Waals surface area contributed by atoms with Crippen molar-refractivity contribution in [3.05, 3.63) is 41.6 Å². The molecule has 0 bridgehead atoms. The van der Waals surface area contributed by atoms with Crippen molar-refractivity contribution in [1.82, 2.24) is 15.5 Å². The van der Waals surface area contributed by atoms with E-state index in [2.05, 4.69) is 34.6 Å². The third-order valence-corrected chi connectivity index (χ3v) is 2.97. The molecule has 1 aromatic heterocycles. The number of ether oxygens (including phenoxy) is 1. The van der Waals surface area contributed by atoms with Crippen molar-refractivity contribution in [3.63, 3.8) is 0 Å². The lowest BCUT2D eigenvalue weighted by Gasteiger charge is -2.14. The summed E-state index contributed by atoms with van der Waals surface area (Å²) in [5.74, 6) is 1.84. The Balaban J connectivity index is 1.95. The first-order chi connectivity index (χ1) is 9.22. The van der Waals surface area contributed by atoms with Crippen LogP contribution in [0, 0.1) is 6.92 Å². The fraction of sp³-hybridized carbons (Fsp3) is 0.429. The van der Waals surface area contributed by atoms with Gasteiger partial charge in [0, 0.05) is 13.0 Å². The average Bonchev–Trinajstić information content (AvgIpc) is 2.85. The van der Waals surface area contributed by atoms with Crippen LogP contribution in [0.15, 0.2) is 28.7 Å². The Morgan fingerprint density at radius 1 is 1.26 bits per heavy atom. The van der Waals surface area contributed by atoms with E-state index in [0.29, 0.717) is 24.4 Å². The average molecular weight is 261 g/mol. The monoisotopic (exact) mass is 261 g/mol. The molecular formula is C14H19N3O2. The van der Waals surface area contributed by atoms with Gasteiger partial charge in [-0.1, -0.05) is 19.1 Å². The summed E-state index contributed by atoms with van der Waals surface area (Å²) < 4.78 is 10.8. The molecule has 102 valence electrons. The summed E-state index contributed by atoms with van der Waals surface area (Å²) in [5.41, 5.74) is 1.26. The Hall–Kier alpha value is -1.88. The Bertz CT molecular complexity index is 504. The van der Waals surface area contributed by atoms with Crippen LogP contribution in [0.5, 0.6) is 5.75 Å². The third kappa shape index (κ3) is 3.54. The summed E-state index contributed by atoms with van der Waals surface area (Å²) >= 11 is 0. The Kier molecular flexibility index (Phi) is 4.52. The van der Waals surface area contributed by atoms with Gasteiger partial charge in [-0.05, 0) is 31.2 Å². The van der Waals surface area contributed by atoms with Gasteiger partial charge in [-0.15, -0.1) is 10.2 Å². The van der Waals surface area contributed by atoms with E-state index < -0.39 is 0 Å². The van der Waals surface area contributed by atoms with Gasteiger partial charge in [0.2, 0.25) is 5.89 Å². The maximum atomic E-state index is 5.59. The maximum absolute atomic E-state index is 5.59. The standard InChI is InChI=1S/C14H19N3O2/c1-4-13(15-3)11-5-7-12(8-6-11)18-9-14-17-16-10(2)19-14/h5-8,13,15H,4,9H2,1-3H3. The van der Waals surface area contributed by atoms with Gasteiger partial charge in [0.05, 0.1) is 0 Å². The van der Waals surface area contributed by atoms with Crippen LogP contribution in [0.1, 0.15) is 36.7 Å². The van der Waals surface area contributed by atoms with E-state index in [-0.39, 0.29) is 0 Å². The third-order valence-electron chi connectivity index (χ3n) is 2.97. The number of rotatable bonds is 6. The molecule has 1 aromatic carbocycles. The fourth-order valence-electron chi connectivity index (χ4n) is 1.94. The molecule has 0 aliphatic rings. The SMILES string of the molecule is CCC(NC)c1ccc(OCc2nnc(C)o2)cc1. The van der Waals surface area contributed by atoms with Gasteiger partial charge in [0.15, 0.2) is 6.61 Å². The highest BCUT2D eigenvalue weighted by molar-refractivity contribution is 5.29. The van der Waals surface area contributed by atoms with E-state index in [1.165, 1.54) is 5.56 Å².